The van der Waals surface area contributed by atoms with Crippen LogP contribution >= 0.6 is 0 Å². The van der Waals surface area contributed by atoms with Crippen molar-refractivity contribution in [2.24, 2.45) is 0 Å². The van der Waals surface area contributed by atoms with Crippen LogP contribution in [0.1, 0.15) is 6.23 Å². The molecule has 2 aromatic heterocycles. The number of alkyl halides is 1. The summed E-state index contributed by atoms with van der Waals surface area (Å²) in [5, 5.41) is 9.25. The van der Waals surface area contributed by atoms with E-state index in [9.17, 15) is 18.7 Å². The van der Waals surface area contributed by atoms with Gasteiger partial charge in [-0.1, -0.05) is 0 Å². The van der Waals surface area contributed by atoms with E-state index in [-0.39, 0.29) is 17.8 Å². The highest BCUT2D eigenvalue weighted by atomic mass is 19.1. The molecule has 0 bridgehead atoms. The summed E-state index contributed by atoms with van der Waals surface area (Å²) in [6.07, 6.45) is -3.01. The Morgan fingerprint density at radius 1 is 1.61 bits per heavy atom. The fourth-order valence-electron chi connectivity index (χ4n) is 1.89. The van der Waals surface area contributed by atoms with Crippen molar-refractivity contribution in [3.63, 3.8) is 0 Å². The van der Waals surface area contributed by atoms with Crippen LogP contribution in [0.2, 0.25) is 0 Å². The molecule has 1 fully saturated rings. The Hall–Kier alpha value is -1.87. The first-order valence-electron chi connectivity index (χ1n) is 5.14. The Morgan fingerprint density at radius 2 is 2.39 bits per heavy atom. The minimum Gasteiger partial charge on any atom is -0.387 e. The van der Waals surface area contributed by atoms with Crippen molar-refractivity contribution in [1.82, 2.24) is 19.5 Å². The van der Waals surface area contributed by atoms with E-state index >= 15 is 0 Å². The number of aliphatic hydroxyl groups excluding tert-OH is 1. The maximum Gasteiger partial charge on any atom is 0.349 e. The third-order valence-electron chi connectivity index (χ3n) is 2.75. The third kappa shape index (κ3) is 1.51. The molecular formula is C9H8F2N4O3. The van der Waals surface area contributed by atoms with Crippen molar-refractivity contribution in [3.05, 3.63) is 22.8 Å². The minimum absolute atomic E-state index is 0.127. The SMILES string of the molecule is O=c1nc2c(ncn2C2OCC(O)C2F)c(F)[nH]1. The molecule has 1 saturated heterocycles. The van der Waals surface area contributed by atoms with Crippen molar-refractivity contribution in [3.8, 4) is 0 Å². The average molecular weight is 258 g/mol. The Labute approximate surface area is 98.0 Å². The van der Waals surface area contributed by atoms with Gasteiger partial charge in [0.1, 0.15) is 6.10 Å². The largest absolute Gasteiger partial charge is 0.387 e. The number of hydrogen-bond donors (Lipinski definition) is 2. The fraction of sp³-hybridized carbons (Fsp3) is 0.444. The zero-order chi connectivity index (χ0) is 12.9. The summed E-state index contributed by atoms with van der Waals surface area (Å²) in [5.74, 6) is -0.947. The predicted molar refractivity (Wildman–Crippen MR) is 54.0 cm³/mol. The van der Waals surface area contributed by atoms with Gasteiger partial charge in [0, 0.05) is 0 Å². The van der Waals surface area contributed by atoms with Crippen molar-refractivity contribution in [2.75, 3.05) is 6.61 Å². The lowest BCUT2D eigenvalue weighted by Crippen LogP contribution is -2.24. The van der Waals surface area contributed by atoms with Gasteiger partial charge in [-0.15, -0.1) is 0 Å². The summed E-state index contributed by atoms with van der Waals surface area (Å²) in [7, 11) is 0. The first kappa shape index (κ1) is 11.2. The number of ether oxygens (including phenoxy) is 1. The number of fused-ring (bicyclic) bond motifs is 1. The molecule has 2 N–H and O–H groups in total. The molecule has 0 radical (unpaired) electrons. The quantitative estimate of drug-likeness (QED) is 0.672. The second-order valence-electron chi connectivity index (χ2n) is 3.92. The van der Waals surface area contributed by atoms with Crippen LogP contribution in [0.3, 0.4) is 0 Å². The highest BCUT2D eigenvalue weighted by molar-refractivity contribution is 5.69. The molecule has 1 aliphatic rings. The Morgan fingerprint density at radius 3 is 3.06 bits per heavy atom. The molecule has 0 amide bonds. The van der Waals surface area contributed by atoms with E-state index in [0.717, 1.165) is 10.9 Å². The van der Waals surface area contributed by atoms with Gasteiger partial charge in [0.2, 0.25) is 5.95 Å². The molecular weight excluding hydrogens is 250 g/mol. The van der Waals surface area contributed by atoms with E-state index in [2.05, 4.69) is 9.97 Å². The molecule has 3 rings (SSSR count). The van der Waals surface area contributed by atoms with Gasteiger partial charge >= 0.3 is 5.69 Å². The summed E-state index contributed by atoms with van der Waals surface area (Å²) >= 11 is 0. The van der Waals surface area contributed by atoms with Gasteiger partial charge in [-0.25, -0.2) is 14.2 Å². The second kappa shape index (κ2) is 3.82. The van der Waals surface area contributed by atoms with Crippen LogP contribution in [0.25, 0.3) is 11.2 Å². The first-order valence-corrected chi connectivity index (χ1v) is 5.14. The van der Waals surface area contributed by atoms with Crippen LogP contribution in [0.5, 0.6) is 0 Å². The van der Waals surface area contributed by atoms with E-state index in [4.69, 9.17) is 4.74 Å². The lowest BCUT2D eigenvalue weighted by molar-refractivity contribution is 0.0237. The van der Waals surface area contributed by atoms with Crippen LogP contribution in [-0.4, -0.2) is 43.5 Å². The Bertz CT molecular complexity index is 655. The maximum absolute atomic E-state index is 13.6. The lowest BCUT2D eigenvalue weighted by Gasteiger charge is -2.14. The first-order chi connectivity index (χ1) is 8.58. The number of rotatable bonds is 1. The topological polar surface area (TPSA) is 93.0 Å². The van der Waals surface area contributed by atoms with Gasteiger partial charge in [0.25, 0.3) is 0 Å². The zero-order valence-corrected chi connectivity index (χ0v) is 8.88. The monoisotopic (exact) mass is 258 g/mol. The Balaban J connectivity index is 2.16. The van der Waals surface area contributed by atoms with Gasteiger partial charge in [0.15, 0.2) is 23.6 Å². The molecule has 1 aliphatic heterocycles. The summed E-state index contributed by atoms with van der Waals surface area (Å²) in [4.78, 5) is 20.1. The number of aromatic nitrogens is 4. The van der Waals surface area contributed by atoms with Gasteiger partial charge in [0.05, 0.1) is 12.9 Å². The standard InChI is InChI=1S/C9H8F2N4O3/c10-4-3(16)1-18-8(4)15-2-12-5-6(11)13-9(17)14-7(5)15/h2-4,8,16H,1H2,(H,13,14,17). The fourth-order valence-corrected chi connectivity index (χ4v) is 1.89. The molecule has 0 aliphatic carbocycles. The number of imidazole rings is 1. The second-order valence-corrected chi connectivity index (χ2v) is 3.92. The highest BCUT2D eigenvalue weighted by Gasteiger charge is 2.38. The summed E-state index contributed by atoms with van der Waals surface area (Å²) in [5.41, 5.74) is -1.22. The molecule has 3 heterocycles. The normalized spacial score (nSPS) is 28.1. The molecule has 96 valence electrons. The maximum atomic E-state index is 13.6. The summed E-state index contributed by atoms with van der Waals surface area (Å²) in [6.45, 7) is -0.183. The van der Waals surface area contributed by atoms with Crippen molar-refractivity contribution < 1.29 is 18.6 Å². The molecule has 0 saturated carbocycles. The van der Waals surface area contributed by atoms with Crippen molar-refractivity contribution in [1.29, 1.82) is 0 Å². The molecule has 3 atom stereocenters. The van der Waals surface area contributed by atoms with Crippen LogP contribution in [0.4, 0.5) is 8.78 Å². The summed E-state index contributed by atoms with van der Waals surface area (Å²) in [6, 6.07) is 0. The highest BCUT2D eigenvalue weighted by Crippen LogP contribution is 2.29. The summed E-state index contributed by atoms with van der Waals surface area (Å²) < 4.78 is 33.1. The van der Waals surface area contributed by atoms with Gasteiger partial charge in [-0.05, 0) is 0 Å². The smallest absolute Gasteiger partial charge is 0.349 e. The molecule has 0 spiro atoms. The molecule has 18 heavy (non-hydrogen) atoms. The number of hydrogen-bond acceptors (Lipinski definition) is 5. The third-order valence-corrected chi connectivity index (χ3v) is 2.75. The van der Waals surface area contributed by atoms with Gasteiger partial charge in [-0.2, -0.15) is 9.37 Å². The van der Waals surface area contributed by atoms with Crippen molar-refractivity contribution >= 4 is 11.2 Å². The van der Waals surface area contributed by atoms with Crippen LogP contribution in [0, 0.1) is 5.95 Å². The minimum atomic E-state index is -1.69. The van der Waals surface area contributed by atoms with E-state index in [0.29, 0.717) is 0 Å². The van der Waals surface area contributed by atoms with Crippen molar-refractivity contribution in [2.45, 2.75) is 18.5 Å². The number of nitrogens with one attached hydrogen (secondary N) is 1. The number of H-pyrrole nitrogens is 1. The lowest BCUT2D eigenvalue weighted by atomic mass is 10.2. The van der Waals surface area contributed by atoms with E-state index in [1.807, 2.05) is 4.98 Å². The van der Waals surface area contributed by atoms with E-state index in [1.54, 1.807) is 0 Å². The molecule has 3 unspecified atom stereocenters. The average Bonchev–Trinajstić information content (AvgIpc) is 2.85. The molecule has 9 heteroatoms. The molecule has 2 aromatic rings. The van der Waals surface area contributed by atoms with E-state index in [1.165, 1.54) is 0 Å². The zero-order valence-electron chi connectivity index (χ0n) is 8.88. The van der Waals surface area contributed by atoms with Gasteiger partial charge < -0.3 is 9.84 Å². The van der Waals surface area contributed by atoms with Crippen LogP contribution in [0.15, 0.2) is 11.1 Å². The van der Waals surface area contributed by atoms with Gasteiger partial charge in [-0.3, -0.25) is 9.55 Å². The number of aliphatic hydroxyl groups is 1. The van der Waals surface area contributed by atoms with E-state index < -0.39 is 30.1 Å². The molecule has 7 nitrogen and oxygen atoms in total. The predicted octanol–water partition coefficient (Wildman–Crippen LogP) is -0.514. The van der Waals surface area contributed by atoms with Crippen LogP contribution in [-0.2, 0) is 4.74 Å². The Kier molecular flexibility index (Phi) is 2.38. The number of halogens is 2. The molecule has 0 aromatic carbocycles. The number of aromatic amines is 1. The van der Waals surface area contributed by atoms with Crippen LogP contribution < -0.4 is 5.69 Å². The number of nitrogens with zero attached hydrogens (tertiary/aromatic N) is 3.